The molecule has 130 valence electrons. The van der Waals surface area contributed by atoms with Crippen molar-refractivity contribution in [2.24, 2.45) is 0 Å². The van der Waals surface area contributed by atoms with E-state index < -0.39 is 5.91 Å². The molecule has 2 heterocycles. The van der Waals surface area contributed by atoms with Crippen molar-refractivity contribution in [3.05, 3.63) is 59.3 Å². The molecule has 2 aromatic heterocycles. The van der Waals surface area contributed by atoms with Crippen LogP contribution in [-0.2, 0) is 5.75 Å². The number of anilines is 2. The molecule has 0 atom stereocenters. The molecule has 1 aromatic carbocycles. The summed E-state index contributed by atoms with van der Waals surface area (Å²) in [5.41, 5.74) is 6.94. The Morgan fingerprint density at radius 2 is 2.12 bits per heavy atom. The first kappa shape index (κ1) is 17.4. The van der Waals surface area contributed by atoms with Crippen LogP contribution in [0.15, 0.2) is 45.8 Å². The highest BCUT2D eigenvalue weighted by Crippen LogP contribution is 2.27. The van der Waals surface area contributed by atoms with E-state index >= 15 is 0 Å². The zero-order valence-electron chi connectivity index (χ0n) is 13.8. The predicted octanol–water partition coefficient (Wildman–Crippen LogP) is 2.77. The van der Waals surface area contributed by atoms with Crippen LogP contribution < -0.4 is 11.1 Å². The van der Waals surface area contributed by atoms with Gasteiger partial charge < -0.3 is 15.5 Å². The third-order valence-corrected chi connectivity index (χ3v) is 4.29. The largest absolute Gasteiger partial charge is 0.425 e. The number of amides is 1. The van der Waals surface area contributed by atoms with Gasteiger partial charge in [-0.1, -0.05) is 30.0 Å². The van der Waals surface area contributed by atoms with Crippen molar-refractivity contribution < 1.29 is 9.21 Å². The first-order chi connectivity index (χ1) is 12.6. The molecule has 8 nitrogen and oxygen atoms in total. The highest BCUT2D eigenvalue weighted by molar-refractivity contribution is 7.98. The number of benzene rings is 1. The van der Waals surface area contributed by atoms with Crippen molar-refractivity contribution in [2.45, 2.75) is 17.7 Å². The lowest BCUT2D eigenvalue weighted by molar-refractivity contribution is 0.102. The number of nitriles is 1. The molecule has 0 bridgehead atoms. The number of aryl methyl sites for hydroxylation is 1. The number of para-hydroxylation sites is 1. The summed E-state index contributed by atoms with van der Waals surface area (Å²) in [6, 6.07) is 12.4. The minimum Gasteiger partial charge on any atom is -0.425 e. The van der Waals surface area contributed by atoms with Gasteiger partial charge >= 0.3 is 0 Å². The lowest BCUT2D eigenvalue weighted by Gasteiger charge is -2.09. The van der Waals surface area contributed by atoms with E-state index in [-0.39, 0.29) is 16.9 Å². The Labute approximate surface area is 153 Å². The van der Waals surface area contributed by atoms with E-state index in [0.29, 0.717) is 28.2 Å². The standard InChI is InChI=1S/C17H14N6O2S/c1-10-22-23-14(25-10)9-26-17-11(8-18)7-13(15(19)21-17)16(24)20-12-5-3-2-4-6-12/h2-7H,9H2,1H3,(H2,19,21)(H,20,24). The molecule has 3 aromatic rings. The zero-order chi connectivity index (χ0) is 18.5. The summed E-state index contributed by atoms with van der Waals surface area (Å²) >= 11 is 1.24. The van der Waals surface area contributed by atoms with Gasteiger partial charge in [0.05, 0.1) is 16.9 Å². The number of aromatic nitrogens is 3. The van der Waals surface area contributed by atoms with Crippen LogP contribution in [0.25, 0.3) is 0 Å². The predicted molar refractivity (Wildman–Crippen MR) is 96.4 cm³/mol. The molecule has 0 aliphatic heterocycles. The maximum atomic E-state index is 12.4. The van der Waals surface area contributed by atoms with Gasteiger partial charge in [0.15, 0.2) is 0 Å². The Kier molecular flexibility index (Phi) is 5.15. The van der Waals surface area contributed by atoms with Crippen LogP contribution in [0.5, 0.6) is 0 Å². The van der Waals surface area contributed by atoms with Crippen LogP contribution in [0, 0.1) is 18.3 Å². The van der Waals surface area contributed by atoms with Crippen molar-refractivity contribution in [3.63, 3.8) is 0 Å². The maximum Gasteiger partial charge on any atom is 0.259 e. The van der Waals surface area contributed by atoms with Crippen molar-refractivity contribution in [2.75, 3.05) is 11.1 Å². The Hall–Kier alpha value is -3.38. The number of nitrogen functional groups attached to an aromatic ring is 1. The molecule has 0 aliphatic carbocycles. The van der Waals surface area contributed by atoms with E-state index in [1.54, 1.807) is 31.2 Å². The van der Waals surface area contributed by atoms with Gasteiger partial charge in [0, 0.05) is 12.6 Å². The molecule has 1 amide bonds. The van der Waals surface area contributed by atoms with Gasteiger partial charge in [-0.3, -0.25) is 4.79 Å². The first-order valence-electron chi connectivity index (χ1n) is 7.55. The van der Waals surface area contributed by atoms with Gasteiger partial charge in [0.25, 0.3) is 5.91 Å². The molecule has 0 saturated heterocycles. The molecule has 0 fully saturated rings. The Bertz CT molecular complexity index is 981. The molecule has 3 rings (SSSR count). The molecule has 26 heavy (non-hydrogen) atoms. The van der Waals surface area contributed by atoms with E-state index in [4.69, 9.17) is 10.2 Å². The molecule has 0 unspecified atom stereocenters. The third kappa shape index (κ3) is 3.99. The molecule has 9 heteroatoms. The smallest absolute Gasteiger partial charge is 0.259 e. The minimum absolute atomic E-state index is 0.0432. The maximum absolute atomic E-state index is 12.4. The summed E-state index contributed by atoms with van der Waals surface area (Å²) < 4.78 is 5.29. The lowest BCUT2D eigenvalue weighted by atomic mass is 10.2. The normalized spacial score (nSPS) is 10.3. The molecular formula is C17H14N6O2S. The Morgan fingerprint density at radius 3 is 2.77 bits per heavy atom. The molecule has 0 saturated carbocycles. The number of nitrogens with zero attached hydrogens (tertiary/aromatic N) is 4. The molecule has 0 aliphatic rings. The quantitative estimate of drug-likeness (QED) is 0.659. The zero-order valence-corrected chi connectivity index (χ0v) is 14.6. The SMILES string of the molecule is Cc1nnc(CSc2nc(N)c(C(=O)Nc3ccccc3)cc2C#N)o1. The Morgan fingerprint density at radius 1 is 1.35 bits per heavy atom. The van der Waals surface area contributed by atoms with Gasteiger partial charge in [-0.15, -0.1) is 10.2 Å². The topological polar surface area (TPSA) is 131 Å². The summed E-state index contributed by atoms with van der Waals surface area (Å²) in [5.74, 6) is 0.838. The van der Waals surface area contributed by atoms with Gasteiger partial charge in [0.1, 0.15) is 16.9 Å². The number of rotatable bonds is 5. The lowest BCUT2D eigenvalue weighted by Crippen LogP contribution is -2.15. The fraction of sp³-hybridized carbons (Fsp3) is 0.118. The monoisotopic (exact) mass is 366 g/mol. The van der Waals surface area contributed by atoms with Crippen LogP contribution in [0.1, 0.15) is 27.7 Å². The summed E-state index contributed by atoms with van der Waals surface area (Å²) in [4.78, 5) is 16.6. The van der Waals surface area contributed by atoms with Crippen molar-refractivity contribution in [3.8, 4) is 6.07 Å². The number of hydrogen-bond acceptors (Lipinski definition) is 8. The van der Waals surface area contributed by atoms with E-state index in [2.05, 4.69) is 20.5 Å². The van der Waals surface area contributed by atoms with Gasteiger partial charge in [-0.05, 0) is 18.2 Å². The third-order valence-electron chi connectivity index (χ3n) is 3.31. The van der Waals surface area contributed by atoms with Crippen LogP contribution >= 0.6 is 11.8 Å². The average Bonchev–Trinajstić information content (AvgIpc) is 3.06. The summed E-state index contributed by atoms with van der Waals surface area (Å²) in [5, 5.41) is 20.1. The fourth-order valence-corrected chi connectivity index (χ4v) is 2.93. The van der Waals surface area contributed by atoms with Crippen LogP contribution in [0.4, 0.5) is 11.5 Å². The molecule has 0 spiro atoms. The first-order valence-corrected chi connectivity index (χ1v) is 8.54. The highest BCUT2D eigenvalue weighted by atomic mass is 32.2. The Balaban J connectivity index is 1.80. The molecule has 0 radical (unpaired) electrons. The van der Waals surface area contributed by atoms with E-state index in [0.717, 1.165) is 0 Å². The number of nitrogens with one attached hydrogen (secondary N) is 1. The van der Waals surface area contributed by atoms with E-state index in [1.807, 2.05) is 12.1 Å². The van der Waals surface area contributed by atoms with Crippen molar-refractivity contribution in [1.29, 1.82) is 5.26 Å². The summed E-state index contributed by atoms with van der Waals surface area (Å²) in [6.45, 7) is 1.69. The van der Waals surface area contributed by atoms with Gasteiger partial charge in [0.2, 0.25) is 11.8 Å². The second kappa shape index (κ2) is 7.67. The number of hydrogen-bond donors (Lipinski definition) is 2. The summed E-state index contributed by atoms with van der Waals surface area (Å²) in [6.07, 6.45) is 0. The van der Waals surface area contributed by atoms with Crippen LogP contribution in [-0.4, -0.2) is 21.1 Å². The minimum atomic E-state index is -0.429. The second-order valence-electron chi connectivity index (χ2n) is 5.21. The number of carbonyl (C=O) groups is 1. The summed E-state index contributed by atoms with van der Waals surface area (Å²) in [7, 11) is 0. The van der Waals surface area contributed by atoms with Crippen LogP contribution in [0.2, 0.25) is 0 Å². The second-order valence-corrected chi connectivity index (χ2v) is 6.17. The van der Waals surface area contributed by atoms with E-state index in [9.17, 15) is 10.1 Å². The van der Waals surface area contributed by atoms with Gasteiger partial charge in [-0.25, -0.2) is 4.98 Å². The molecular weight excluding hydrogens is 352 g/mol. The number of thioether (sulfide) groups is 1. The van der Waals surface area contributed by atoms with E-state index in [1.165, 1.54) is 17.8 Å². The van der Waals surface area contributed by atoms with Crippen molar-refractivity contribution in [1.82, 2.24) is 15.2 Å². The van der Waals surface area contributed by atoms with Crippen molar-refractivity contribution >= 4 is 29.2 Å². The van der Waals surface area contributed by atoms with Gasteiger partial charge in [-0.2, -0.15) is 5.26 Å². The number of pyridine rings is 1. The number of nitrogens with two attached hydrogens (primary N) is 1. The number of carbonyl (C=O) groups excluding carboxylic acids is 1. The fourth-order valence-electron chi connectivity index (χ4n) is 2.13. The molecule has 3 N–H and O–H groups in total. The average molecular weight is 366 g/mol. The highest BCUT2D eigenvalue weighted by Gasteiger charge is 2.17. The van der Waals surface area contributed by atoms with Crippen LogP contribution in [0.3, 0.4) is 0 Å².